The van der Waals surface area contributed by atoms with Gasteiger partial charge in [-0.05, 0) is 37.1 Å². The molecule has 0 saturated carbocycles. The molecule has 0 spiro atoms. The smallest absolute Gasteiger partial charge is 0.249 e. The van der Waals surface area contributed by atoms with Crippen LogP contribution in [0.3, 0.4) is 0 Å². The highest BCUT2D eigenvalue weighted by molar-refractivity contribution is 7.10. The number of hydrogen-bond acceptors (Lipinski definition) is 5. The van der Waals surface area contributed by atoms with Crippen LogP contribution >= 0.6 is 11.3 Å². The normalized spacial score (nSPS) is 18.3. The van der Waals surface area contributed by atoms with Gasteiger partial charge in [0.1, 0.15) is 6.04 Å². The van der Waals surface area contributed by atoms with Crippen LogP contribution in [0.2, 0.25) is 0 Å². The van der Waals surface area contributed by atoms with Gasteiger partial charge in [-0.1, -0.05) is 24.6 Å². The first-order valence-electron chi connectivity index (χ1n) is 8.42. The van der Waals surface area contributed by atoms with Crippen LogP contribution in [-0.4, -0.2) is 27.5 Å². The number of carbonyl (C=O) groups excluding carboxylic acids is 1. The highest BCUT2D eigenvalue weighted by atomic mass is 32.1. The molecule has 0 N–H and O–H groups in total. The second kappa shape index (κ2) is 7.73. The van der Waals surface area contributed by atoms with Gasteiger partial charge < -0.3 is 9.42 Å². The van der Waals surface area contributed by atoms with Crippen molar-refractivity contribution in [2.45, 2.75) is 57.9 Å². The molecular formula is C17H23N3O2S. The number of aromatic nitrogens is 2. The monoisotopic (exact) mass is 333 g/mol. The van der Waals surface area contributed by atoms with Crippen LogP contribution in [0.5, 0.6) is 0 Å². The van der Waals surface area contributed by atoms with Crippen LogP contribution < -0.4 is 0 Å². The van der Waals surface area contributed by atoms with Gasteiger partial charge in [0.15, 0.2) is 5.82 Å². The van der Waals surface area contributed by atoms with Crippen molar-refractivity contribution in [1.29, 1.82) is 0 Å². The van der Waals surface area contributed by atoms with Crippen LogP contribution in [0.25, 0.3) is 0 Å². The molecule has 6 heteroatoms. The number of carbonyl (C=O) groups is 1. The lowest BCUT2D eigenvalue weighted by Crippen LogP contribution is -2.39. The van der Waals surface area contributed by atoms with E-state index in [1.807, 2.05) is 22.4 Å². The largest absolute Gasteiger partial charge is 0.337 e. The number of aryl methyl sites for hydroxylation is 1. The fourth-order valence-corrected chi connectivity index (χ4v) is 3.69. The van der Waals surface area contributed by atoms with Crippen molar-refractivity contribution in [2.24, 2.45) is 0 Å². The van der Waals surface area contributed by atoms with Gasteiger partial charge in [0.05, 0.1) is 6.42 Å². The van der Waals surface area contributed by atoms with E-state index in [1.165, 1.54) is 0 Å². The molecule has 0 aromatic carbocycles. The Morgan fingerprint density at radius 2 is 2.39 bits per heavy atom. The van der Waals surface area contributed by atoms with E-state index in [1.54, 1.807) is 11.3 Å². The van der Waals surface area contributed by atoms with Gasteiger partial charge in [-0.2, -0.15) is 4.98 Å². The number of hydrogen-bond donors (Lipinski definition) is 0. The molecule has 0 bridgehead atoms. The molecule has 5 nitrogen and oxygen atoms in total. The van der Waals surface area contributed by atoms with E-state index in [0.717, 1.165) is 55.8 Å². The predicted molar refractivity (Wildman–Crippen MR) is 89.2 cm³/mol. The van der Waals surface area contributed by atoms with Crippen LogP contribution in [0.4, 0.5) is 0 Å². The van der Waals surface area contributed by atoms with Gasteiger partial charge in [-0.3, -0.25) is 4.79 Å². The van der Waals surface area contributed by atoms with Crippen molar-refractivity contribution in [3.63, 3.8) is 0 Å². The summed E-state index contributed by atoms with van der Waals surface area (Å²) in [5.41, 5.74) is 0. The van der Waals surface area contributed by atoms with Crippen LogP contribution in [0.15, 0.2) is 22.0 Å². The number of unbranched alkanes of at least 4 members (excludes halogenated alkanes) is 1. The molecule has 1 atom stereocenters. The lowest BCUT2D eigenvalue weighted by atomic mass is 10.0. The molecule has 1 amide bonds. The molecule has 1 aliphatic rings. The first-order valence-corrected chi connectivity index (χ1v) is 9.30. The minimum Gasteiger partial charge on any atom is -0.337 e. The third-order valence-corrected chi connectivity index (χ3v) is 5.13. The molecule has 124 valence electrons. The second-order valence-corrected chi connectivity index (χ2v) is 7.04. The molecule has 2 aromatic rings. The zero-order valence-corrected chi connectivity index (χ0v) is 14.3. The maximum atomic E-state index is 12.7. The summed E-state index contributed by atoms with van der Waals surface area (Å²) in [5.74, 6) is 1.53. The van der Waals surface area contributed by atoms with Crippen molar-refractivity contribution in [1.82, 2.24) is 15.0 Å². The number of amides is 1. The van der Waals surface area contributed by atoms with Crippen LogP contribution in [0.1, 0.15) is 61.7 Å². The Morgan fingerprint density at radius 3 is 3.17 bits per heavy atom. The molecule has 3 heterocycles. The summed E-state index contributed by atoms with van der Waals surface area (Å²) in [6.45, 7) is 2.93. The van der Waals surface area contributed by atoms with Gasteiger partial charge in [0, 0.05) is 17.8 Å². The molecule has 1 fully saturated rings. The number of thiophene rings is 1. The Kier molecular flexibility index (Phi) is 5.43. The topological polar surface area (TPSA) is 59.2 Å². The van der Waals surface area contributed by atoms with Gasteiger partial charge >= 0.3 is 0 Å². The van der Waals surface area contributed by atoms with E-state index >= 15 is 0 Å². The maximum Gasteiger partial charge on any atom is 0.249 e. The summed E-state index contributed by atoms with van der Waals surface area (Å²) < 4.78 is 5.46. The summed E-state index contributed by atoms with van der Waals surface area (Å²) in [6.07, 6.45) is 6.53. The molecule has 0 aliphatic carbocycles. The van der Waals surface area contributed by atoms with Crippen molar-refractivity contribution in [3.05, 3.63) is 34.1 Å². The average Bonchev–Trinajstić information content (AvgIpc) is 3.24. The van der Waals surface area contributed by atoms with E-state index in [4.69, 9.17) is 4.52 Å². The molecule has 3 rings (SSSR count). The summed E-state index contributed by atoms with van der Waals surface area (Å²) in [7, 11) is 0. The third kappa shape index (κ3) is 3.99. The zero-order chi connectivity index (χ0) is 16.1. The minimum absolute atomic E-state index is 0.0564. The summed E-state index contributed by atoms with van der Waals surface area (Å²) in [5, 5.41) is 6.08. The summed E-state index contributed by atoms with van der Waals surface area (Å²) >= 11 is 1.63. The molecule has 1 saturated heterocycles. The van der Waals surface area contributed by atoms with E-state index in [2.05, 4.69) is 17.1 Å². The molecule has 0 radical (unpaired) electrons. The highest BCUT2D eigenvalue weighted by Crippen LogP contribution is 2.30. The van der Waals surface area contributed by atoms with E-state index in [9.17, 15) is 4.79 Å². The number of likely N-dealkylation sites (tertiary alicyclic amines) is 1. The average molecular weight is 333 g/mol. The van der Waals surface area contributed by atoms with Crippen LogP contribution in [-0.2, 0) is 17.6 Å². The molecule has 1 aliphatic heterocycles. The summed E-state index contributed by atoms with van der Waals surface area (Å²) in [6, 6.07) is 3.94. The Bertz CT molecular complexity index is 624. The fraction of sp³-hybridized carbons (Fsp3) is 0.588. The Morgan fingerprint density at radius 1 is 1.48 bits per heavy atom. The van der Waals surface area contributed by atoms with Crippen molar-refractivity contribution >= 4 is 17.2 Å². The van der Waals surface area contributed by atoms with Crippen molar-refractivity contribution in [3.8, 4) is 0 Å². The van der Waals surface area contributed by atoms with Gasteiger partial charge in [-0.15, -0.1) is 11.3 Å². The van der Waals surface area contributed by atoms with E-state index < -0.39 is 0 Å². The highest BCUT2D eigenvalue weighted by Gasteiger charge is 2.32. The second-order valence-electron chi connectivity index (χ2n) is 6.01. The lowest BCUT2D eigenvalue weighted by molar-refractivity contribution is -0.134. The number of nitrogens with zero attached hydrogens (tertiary/aromatic N) is 3. The Labute approximate surface area is 140 Å². The first-order chi connectivity index (χ1) is 11.3. The van der Waals surface area contributed by atoms with Crippen LogP contribution in [0, 0.1) is 0 Å². The quantitative estimate of drug-likeness (QED) is 0.807. The number of rotatable bonds is 6. The van der Waals surface area contributed by atoms with Gasteiger partial charge in [0.2, 0.25) is 11.8 Å². The summed E-state index contributed by atoms with van der Waals surface area (Å²) in [4.78, 5) is 20.2. The molecule has 23 heavy (non-hydrogen) atoms. The minimum atomic E-state index is -0.0564. The fourth-order valence-electron chi connectivity index (χ4n) is 2.99. The van der Waals surface area contributed by atoms with Crippen molar-refractivity contribution < 1.29 is 9.32 Å². The maximum absolute atomic E-state index is 12.7. The standard InChI is InChI=1S/C17H23N3O2S/c1-2-3-9-15-18-17(22-19-15)14-8-4-5-10-20(14)16(21)12-13-7-6-11-23-13/h6-7,11,14H,2-5,8-10,12H2,1H3/t14-/m1/s1. The molecular weight excluding hydrogens is 310 g/mol. The third-order valence-electron chi connectivity index (χ3n) is 4.25. The Balaban J connectivity index is 1.70. The lowest BCUT2D eigenvalue weighted by Gasteiger charge is -2.33. The SMILES string of the molecule is CCCCc1noc([C@H]2CCCCN2C(=O)Cc2cccs2)n1. The van der Waals surface area contributed by atoms with Gasteiger partial charge in [0.25, 0.3) is 0 Å². The predicted octanol–water partition coefficient (Wildman–Crippen LogP) is 3.77. The van der Waals surface area contributed by atoms with Gasteiger partial charge in [-0.25, -0.2) is 0 Å². The molecule has 2 aromatic heterocycles. The van der Waals surface area contributed by atoms with Crippen molar-refractivity contribution in [2.75, 3.05) is 6.54 Å². The zero-order valence-electron chi connectivity index (χ0n) is 13.5. The first kappa shape index (κ1) is 16.2. The van der Waals surface area contributed by atoms with E-state index in [-0.39, 0.29) is 11.9 Å². The Hall–Kier alpha value is -1.69. The number of piperidine rings is 1. The molecule has 0 unspecified atom stereocenters. The van der Waals surface area contributed by atoms with E-state index in [0.29, 0.717) is 12.3 Å².